The highest BCUT2D eigenvalue weighted by Gasteiger charge is 2.23. The second kappa shape index (κ2) is 8.13. The molecule has 0 unspecified atom stereocenters. The van der Waals surface area contributed by atoms with Crippen molar-refractivity contribution in [2.24, 2.45) is 0 Å². The molecular formula is C16H29N3O4S2. The average molecular weight is 392 g/mol. The van der Waals surface area contributed by atoms with Crippen LogP contribution in [0.4, 0.5) is 0 Å². The Hall–Kier alpha value is -1.00. The van der Waals surface area contributed by atoms with Gasteiger partial charge in [-0.05, 0) is 52.1 Å². The Morgan fingerprint density at radius 1 is 0.960 bits per heavy atom. The first-order valence-corrected chi connectivity index (χ1v) is 11.0. The third-order valence-electron chi connectivity index (χ3n) is 4.30. The molecule has 0 bridgehead atoms. The van der Waals surface area contributed by atoms with Gasteiger partial charge in [0.2, 0.25) is 20.0 Å². The summed E-state index contributed by atoms with van der Waals surface area (Å²) in [7, 11) is -0.135. The lowest BCUT2D eigenvalue weighted by Crippen LogP contribution is -2.48. The number of aryl methyl sites for hydroxylation is 1. The topological polar surface area (TPSA) is 86.8 Å². The van der Waals surface area contributed by atoms with E-state index in [0.717, 1.165) is 9.87 Å². The highest BCUT2D eigenvalue weighted by Crippen LogP contribution is 2.15. The van der Waals surface area contributed by atoms with Crippen LogP contribution in [0.1, 0.15) is 19.4 Å². The predicted molar refractivity (Wildman–Crippen MR) is 101 cm³/mol. The molecule has 0 spiro atoms. The van der Waals surface area contributed by atoms with Gasteiger partial charge in [0.25, 0.3) is 0 Å². The summed E-state index contributed by atoms with van der Waals surface area (Å²) in [6, 6.07) is 6.30. The highest BCUT2D eigenvalue weighted by atomic mass is 32.2. The molecule has 1 rings (SSSR count). The maximum absolute atomic E-state index is 12.2. The summed E-state index contributed by atoms with van der Waals surface area (Å²) >= 11 is 0. The van der Waals surface area contributed by atoms with E-state index in [-0.39, 0.29) is 16.2 Å². The average Bonchev–Trinajstić information content (AvgIpc) is 2.51. The van der Waals surface area contributed by atoms with Crippen LogP contribution in [-0.2, 0) is 26.5 Å². The number of hydrogen-bond donors (Lipinski definition) is 1. The molecule has 0 radical (unpaired) electrons. The summed E-state index contributed by atoms with van der Waals surface area (Å²) in [5.74, 6) is -0.0454. The molecule has 0 amide bonds. The van der Waals surface area contributed by atoms with Crippen molar-refractivity contribution in [1.82, 2.24) is 13.9 Å². The van der Waals surface area contributed by atoms with Crippen molar-refractivity contribution in [2.45, 2.75) is 30.7 Å². The molecule has 0 atom stereocenters. The minimum absolute atomic E-state index is 0.0454. The molecule has 144 valence electrons. The van der Waals surface area contributed by atoms with Gasteiger partial charge in [-0.15, -0.1) is 0 Å². The zero-order chi connectivity index (χ0) is 19.5. The fourth-order valence-corrected chi connectivity index (χ4v) is 3.93. The van der Waals surface area contributed by atoms with Crippen molar-refractivity contribution in [3.63, 3.8) is 0 Å². The van der Waals surface area contributed by atoms with Crippen molar-refractivity contribution in [2.75, 3.05) is 40.5 Å². The lowest BCUT2D eigenvalue weighted by atomic mass is 10.1. The molecule has 7 nitrogen and oxygen atoms in total. The van der Waals surface area contributed by atoms with Crippen molar-refractivity contribution in [1.29, 1.82) is 0 Å². The Kier molecular flexibility index (Phi) is 7.17. The van der Waals surface area contributed by atoms with Gasteiger partial charge < -0.3 is 4.90 Å². The van der Waals surface area contributed by atoms with E-state index in [1.807, 2.05) is 32.8 Å². The molecule has 1 aromatic rings. The molecule has 0 saturated carbocycles. The maximum atomic E-state index is 12.2. The van der Waals surface area contributed by atoms with E-state index in [1.54, 1.807) is 12.1 Å². The monoisotopic (exact) mass is 391 g/mol. The summed E-state index contributed by atoms with van der Waals surface area (Å²) in [5, 5.41) is 0. The Morgan fingerprint density at radius 3 is 1.92 bits per heavy atom. The van der Waals surface area contributed by atoms with Crippen LogP contribution >= 0.6 is 0 Å². The number of nitrogens with zero attached hydrogens (tertiary/aromatic N) is 2. The smallest absolute Gasteiger partial charge is 0.242 e. The fourth-order valence-electron chi connectivity index (χ4n) is 1.81. The molecule has 0 heterocycles. The summed E-state index contributed by atoms with van der Waals surface area (Å²) in [4.78, 5) is 2.15. The number of benzene rings is 1. The van der Waals surface area contributed by atoms with Gasteiger partial charge in [-0.1, -0.05) is 12.1 Å². The second-order valence-corrected chi connectivity index (χ2v) is 11.1. The molecule has 9 heteroatoms. The molecule has 1 N–H and O–H groups in total. The third kappa shape index (κ3) is 6.34. The summed E-state index contributed by atoms with van der Waals surface area (Å²) in [6.07, 6.45) is 0.319. The van der Waals surface area contributed by atoms with Crippen LogP contribution in [0, 0.1) is 0 Å². The third-order valence-corrected chi connectivity index (χ3v) is 7.45. The van der Waals surface area contributed by atoms with E-state index < -0.39 is 20.0 Å². The quantitative estimate of drug-likeness (QED) is 0.671. The minimum atomic E-state index is -3.47. The second-order valence-electron chi connectivity index (χ2n) is 7.03. The van der Waals surface area contributed by atoms with Crippen LogP contribution in [0.15, 0.2) is 29.2 Å². The van der Waals surface area contributed by atoms with Gasteiger partial charge >= 0.3 is 0 Å². The van der Waals surface area contributed by atoms with E-state index in [0.29, 0.717) is 13.0 Å². The predicted octanol–water partition coefficient (Wildman–Crippen LogP) is 0.739. The standard InChI is InChI=1S/C16H29N3O4S2/c1-16(2,18(3)4)13-17-24(20,21)12-11-14-7-9-15(10-8-14)25(22,23)19(5)6/h7-10,17H,11-13H2,1-6H3. The first-order chi connectivity index (χ1) is 11.3. The zero-order valence-corrected chi connectivity index (χ0v) is 17.4. The summed E-state index contributed by atoms with van der Waals surface area (Å²) in [6.45, 7) is 4.24. The van der Waals surface area contributed by atoms with E-state index in [4.69, 9.17) is 0 Å². The van der Waals surface area contributed by atoms with E-state index in [9.17, 15) is 16.8 Å². The lowest BCUT2D eigenvalue weighted by Gasteiger charge is -2.32. The van der Waals surface area contributed by atoms with Crippen molar-refractivity contribution in [3.05, 3.63) is 29.8 Å². The van der Waals surface area contributed by atoms with E-state index in [2.05, 4.69) is 4.72 Å². The van der Waals surface area contributed by atoms with Gasteiger partial charge in [-0.25, -0.2) is 25.9 Å². The number of nitrogens with one attached hydrogen (secondary N) is 1. The van der Waals surface area contributed by atoms with Crippen molar-refractivity contribution in [3.8, 4) is 0 Å². The number of sulfonamides is 2. The van der Waals surface area contributed by atoms with Gasteiger partial charge in [0, 0.05) is 26.2 Å². The first-order valence-electron chi connectivity index (χ1n) is 7.94. The van der Waals surface area contributed by atoms with Gasteiger partial charge in [-0.3, -0.25) is 0 Å². The highest BCUT2D eigenvalue weighted by molar-refractivity contribution is 7.89. The van der Waals surface area contributed by atoms with Gasteiger partial charge in [-0.2, -0.15) is 0 Å². The Bertz CT molecular complexity index is 768. The van der Waals surface area contributed by atoms with Gasteiger partial charge in [0.1, 0.15) is 0 Å². The fraction of sp³-hybridized carbons (Fsp3) is 0.625. The minimum Gasteiger partial charge on any atom is -0.303 e. The Labute approximate surface area is 152 Å². The number of rotatable bonds is 9. The number of likely N-dealkylation sites (N-methyl/N-ethyl adjacent to an activating group) is 1. The molecule has 0 aliphatic rings. The van der Waals surface area contributed by atoms with Crippen molar-refractivity contribution >= 4 is 20.0 Å². The normalized spacial score (nSPS) is 13.6. The van der Waals surface area contributed by atoms with Crippen LogP contribution in [0.3, 0.4) is 0 Å². The van der Waals surface area contributed by atoms with E-state index >= 15 is 0 Å². The van der Waals surface area contributed by atoms with Crippen LogP contribution in [-0.4, -0.2) is 72.1 Å². The molecule has 0 aliphatic heterocycles. The molecule has 0 saturated heterocycles. The molecule has 0 fully saturated rings. The number of hydrogen-bond acceptors (Lipinski definition) is 5. The molecule has 25 heavy (non-hydrogen) atoms. The van der Waals surface area contributed by atoms with Crippen molar-refractivity contribution < 1.29 is 16.8 Å². The summed E-state index contributed by atoms with van der Waals surface area (Å²) in [5.41, 5.74) is 0.491. The van der Waals surface area contributed by atoms with Gasteiger partial charge in [0.15, 0.2) is 0 Å². The summed E-state index contributed by atoms with van der Waals surface area (Å²) < 4.78 is 52.1. The molecule has 0 aliphatic carbocycles. The molecule has 1 aromatic carbocycles. The molecular weight excluding hydrogens is 362 g/mol. The SMILES string of the molecule is CN(C)C(C)(C)CNS(=O)(=O)CCc1ccc(S(=O)(=O)N(C)C)cc1. The maximum Gasteiger partial charge on any atom is 0.242 e. The lowest BCUT2D eigenvalue weighted by molar-refractivity contribution is 0.199. The zero-order valence-electron chi connectivity index (χ0n) is 15.8. The Balaban J connectivity index is 2.69. The van der Waals surface area contributed by atoms with Crippen LogP contribution in [0.25, 0.3) is 0 Å². The largest absolute Gasteiger partial charge is 0.303 e. The van der Waals surface area contributed by atoms with Crippen LogP contribution in [0.5, 0.6) is 0 Å². The van der Waals surface area contributed by atoms with Gasteiger partial charge in [0.05, 0.1) is 10.6 Å². The van der Waals surface area contributed by atoms with Crippen LogP contribution in [0.2, 0.25) is 0 Å². The van der Waals surface area contributed by atoms with Crippen LogP contribution < -0.4 is 4.72 Å². The Morgan fingerprint density at radius 2 is 1.48 bits per heavy atom. The molecule has 0 aromatic heterocycles. The van der Waals surface area contributed by atoms with E-state index in [1.165, 1.54) is 26.2 Å². The first kappa shape index (κ1) is 22.0.